The summed E-state index contributed by atoms with van der Waals surface area (Å²) >= 11 is 0. The number of benzene rings is 1. The first-order valence-corrected chi connectivity index (χ1v) is 7.51. The largest absolute Gasteiger partial charge is 0.350 e. The van der Waals surface area contributed by atoms with Gasteiger partial charge in [0.15, 0.2) is 0 Å². The van der Waals surface area contributed by atoms with E-state index in [1.807, 2.05) is 25.1 Å². The van der Waals surface area contributed by atoms with Gasteiger partial charge in [0.05, 0.1) is 11.3 Å². The molecule has 0 saturated heterocycles. The highest BCUT2D eigenvalue weighted by atomic mass is 16.1. The number of nitrogens with zero attached hydrogens (tertiary/aromatic N) is 1. The second-order valence-electron chi connectivity index (χ2n) is 6.20. The zero-order chi connectivity index (χ0) is 15.5. The lowest BCUT2D eigenvalue weighted by molar-refractivity contribution is 0.0901. The molecule has 5 nitrogen and oxygen atoms in total. The number of nitrogen functional groups attached to an aromatic ring is 1. The molecule has 0 spiro atoms. The molecule has 116 valence electrons. The summed E-state index contributed by atoms with van der Waals surface area (Å²) in [4.78, 5) is 14.7. The Labute approximate surface area is 126 Å². The summed E-state index contributed by atoms with van der Waals surface area (Å²) in [5.74, 6) is 5.44. The molecule has 0 heterocycles. The fraction of sp³-hybridized carbons (Fsp3) is 0.562. The number of likely N-dealkylation sites (N-methyl/N-ethyl adjacent to an activating group) is 1. The van der Waals surface area contributed by atoms with E-state index in [4.69, 9.17) is 5.84 Å². The third kappa shape index (κ3) is 3.36. The van der Waals surface area contributed by atoms with Crippen molar-refractivity contribution >= 4 is 11.6 Å². The molecule has 1 aromatic carbocycles. The molecule has 1 saturated carbocycles. The van der Waals surface area contributed by atoms with Gasteiger partial charge in [-0.1, -0.05) is 18.9 Å². The Kier molecular flexibility index (Phi) is 4.85. The fourth-order valence-corrected chi connectivity index (χ4v) is 3.13. The van der Waals surface area contributed by atoms with Gasteiger partial charge in [0.1, 0.15) is 0 Å². The lowest BCUT2D eigenvalue weighted by atomic mass is 9.96. The van der Waals surface area contributed by atoms with Gasteiger partial charge in [0.2, 0.25) is 0 Å². The number of carbonyl (C=O) groups is 1. The lowest BCUT2D eigenvalue weighted by Gasteiger charge is -2.36. The number of amides is 1. The van der Waals surface area contributed by atoms with Crippen LogP contribution in [0.25, 0.3) is 0 Å². The predicted octanol–water partition coefficient (Wildman–Crippen LogP) is 1.88. The van der Waals surface area contributed by atoms with Gasteiger partial charge in [0, 0.05) is 12.1 Å². The Balaban J connectivity index is 2.08. The van der Waals surface area contributed by atoms with Crippen LogP contribution in [0.1, 0.15) is 41.6 Å². The van der Waals surface area contributed by atoms with E-state index in [0.717, 1.165) is 18.4 Å². The van der Waals surface area contributed by atoms with Crippen molar-refractivity contribution in [3.63, 3.8) is 0 Å². The van der Waals surface area contributed by atoms with Crippen molar-refractivity contribution in [1.29, 1.82) is 0 Å². The van der Waals surface area contributed by atoms with Gasteiger partial charge in [-0.25, -0.2) is 0 Å². The molecule has 1 fully saturated rings. The quantitative estimate of drug-likeness (QED) is 0.572. The molecule has 1 aliphatic rings. The van der Waals surface area contributed by atoms with Crippen LogP contribution in [0.5, 0.6) is 0 Å². The SMILES string of the molecule is Cc1ccc(C(=O)NCC2(N(C)C)CCCC2)c(NN)c1. The maximum atomic E-state index is 12.4. The lowest BCUT2D eigenvalue weighted by Crippen LogP contribution is -2.50. The highest BCUT2D eigenvalue weighted by Gasteiger charge is 2.36. The van der Waals surface area contributed by atoms with Crippen molar-refractivity contribution in [1.82, 2.24) is 10.2 Å². The number of hydrogen-bond acceptors (Lipinski definition) is 4. The number of hydrazine groups is 1. The molecule has 0 aromatic heterocycles. The molecule has 0 aliphatic heterocycles. The minimum absolute atomic E-state index is 0.0731. The topological polar surface area (TPSA) is 70.4 Å². The Morgan fingerprint density at radius 3 is 2.57 bits per heavy atom. The normalized spacial score (nSPS) is 17.0. The third-order valence-corrected chi connectivity index (χ3v) is 4.64. The molecule has 0 atom stereocenters. The second kappa shape index (κ2) is 6.45. The Hall–Kier alpha value is -1.59. The van der Waals surface area contributed by atoms with Crippen LogP contribution in [0.2, 0.25) is 0 Å². The van der Waals surface area contributed by atoms with Crippen LogP contribution in [0.4, 0.5) is 5.69 Å². The molecule has 0 bridgehead atoms. The maximum absolute atomic E-state index is 12.4. The number of rotatable bonds is 5. The molecular weight excluding hydrogens is 264 g/mol. The van der Waals surface area contributed by atoms with Gasteiger partial charge in [0.25, 0.3) is 5.91 Å². The van der Waals surface area contributed by atoms with Crippen molar-refractivity contribution in [3.8, 4) is 0 Å². The van der Waals surface area contributed by atoms with Crippen LogP contribution in [-0.2, 0) is 0 Å². The van der Waals surface area contributed by atoms with E-state index in [9.17, 15) is 4.79 Å². The van der Waals surface area contributed by atoms with Crippen molar-refractivity contribution in [2.24, 2.45) is 5.84 Å². The third-order valence-electron chi connectivity index (χ3n) is 4.64. The van der Waals surface area contributed by atoms with Crippen LogP contribution < -0.4 is 16.6 Å². The van der Waals surface area contributed by atoms with E-state index >= 15 is 0 Å². The summed E-state index contributed by atoms with van der Waals surface area (Å²) in [6.07, 6.45) is 4.73. The minimum atomic E-state index is -0.0731. The van der Waals surface area contributed by atoms with E-state index in [-0.39, 0.29) is 11.4 Å². The average Bonchev–Trinajstić information content (AvgIpc) is 2.94. The first kappa shape index (κ1) is 15.8. The predicted molar refractivity (Wildman–Crippen MR) is 86.2 cm³/mol. The Morgan fingerprint density at radius 1 is 1.33 bits per heavy atom. The van der Waals surface area contributed by atoms with Gasteiger partial charge in [-0.2, -0.15) is 0 Å². The van der Waals surface area contributed by atoms with Crippen molar-refractivity contribution in [2.75, 3.05) is 26.1 Å². The zero-order valence-electron chi connectivity index (χ0n) is 13.2. The molecule has 4 N–H and O–H groups in total. The van der Waals surface area contributed by atoms with E-state index in [1.165, 1.54) is 12.8 Å². The molecule has 21 heavy (non-hydrogen) atoms. The van der Waals surface area contributed by atoms with Gasteiger partial charge in [-0.3, -0.25) is 10.6 Å². The smallest absolute Gasteiger partial charge is 0.253 e. The van der Waals surface area contributed by atoms with Crippen molar-refractivity contribution < 1.29 is 4.79 Å². The second-order valence-corrected chi connectivity index (χ2v) is 6.20. The van der Waals surface area contributed by atoms with E-state index < -0.39 is 0 Å². The highest BCUT2D eigenvalue weighted by molar-refractivity contribution is 5.99. The van der Waals surface area contributed by atoms with Gasteiger partial charge < -0.3 is 15.6 Å². The summed E-state index contributed by atoms with van der Waals surface area (Å²) in [6.45, 7) is 2.65. The zero-order valence-corrected chi connectivity index (χ0v) is 13.2. The number of carbonyl (C=O) groups excluding carboxylic acids is 1. The first-order valence-electron chi connectivity index (χ1n) is 7.51. The summed E-state index contributed by atoms with van der Waals surface area (Å²) < 4.78 is 0. The standard InChI is InChI=1S/C16H26N4O/c1-12-6-7-13(14(10-12)19-17)15(21)18-11-16(20(2)3)8-4-5-9-16/h6-7,10,19H,4-5,8-9,11,17H2,1-3H3,(H,18,21). The number of anilines is 1. The molecular formula is C16H26N4O. The maximum Gasteiger partial charge on any atom is 0.253 e. The average molecular weight is 290 g/mol. The molecule has 1 aliphatic carbocycles. The number of nitrogens with two attached hydrogens (primary N) is 1. The van der Waals surface area contributed by atoms with Gasteiger partial charge in [-0.05, 0) is 51.6 Å². The van der Waals surface area contributed by atoms with Gasteiger partial charge in [-0.15, -0.1) is 0 Å². The van der Waals surface area contributed by atoms with Gasteiger partial charge >= 0.3 is 0 Å². The van der Waals surface area contributed by atoms with Crippen LogP contribution in [0, 0.1) is 6.92 Å². The molecule has 0 unspecified atom stereocenters. The minimum Gasteiger partial charge on any atom is -0.350 e. The Bertz CT molecular complexity index is 507. The Morgan fingerprint density at radius 2 is 2.00 bits per heavy atom. The summed E-state index contributed by atoms with van der Waals surface area (Å²) in [5, 5.41) is 3.08. The van der Waals surface area contributed by atoms with Crippen LogP contribution >= 0.6 is 0 Å². The van der Waals surface area contributed by atoms with Crippen LogP contribution in [0.3, 0.4) is 0 Å². The molecule has 0 radical (unpaired) electrons. The summed E-state index contributed by atoms with van der Waals surface area (Å²) in [7, 11) is 4.19. The number of aryl methyl sites for hydroxylation is 1. The van der Waals surface area contributed by atoms with E-state index in [1.54, 1.807) is 0 Å². The van der Waals surface area contributed by atoms with Crippen molar-refractivity contribution in [3.05, 3.63) is 29.3 Å². The fourth-order valence-electron chi connectivity index (χ4n) is 3.13. The molecule has 1 aromatic rings. The summed E-state index contributed by atoms with van der Waals surface area (Å²) in [5.41, 5.74) is 5.03. The first-order chi connectivity index (χ1) is 9.98. The number of hydrogen-bond donors (Lipinski definition) is 3. The van der Waals surface area contributed by atoms with Crippen LogP contribution in [0.15, 0.2) is 18.2 Å². The molecule has 2 rings (SSSR count). The monoisotopic (exact) mass is 290 g/mol. The van der Waals surface area contributed by atoms with Crippen molar-refractivity contribution in [2.45, 2.75) is 38.1 Å². The molecule has 5 heteroatoms. The van der Waals surface area contributed by atoms with Crippen LogP contribution in [-0.4, -0.2) is 37.0 Å². The number of nitrogens with one attached hydrogen (secondary N) is 2. The van der Waals surface area contributed by atoms with E-state index in [2.05, 4.69) is 29.7 Å². The summed E-state index contributed by atoms with van der Waals surface area (Å²) in [6, 6.07) is 5.62. The molecule has 1 amide bonds. The highest BCUT2D eigenvalue weighted by Crippen LogP contribution is 2.33. The van der Waals surface area contributed by atoms with E-state index in [0.29, 0.717) is 17.8 Å².